The average Bonchev–Trinajstić information content (AvgIpc) is 2.50. The molecule has 0 aliphatic rings. The van der Waals surface area contributed by atoms with Crippen molar-refractivity contribution in [1.82, 2.24) is 15.2 Å². The van der Waals surface area contributed by atoms with Crippen LogP contribution in [0.4, 0.5) is 0 Å². The quantitative estimate of drug-likeness (QED) is 0.591. The second-order valence-electron chi connectivity index (χ2n) is 1.67. The van der Waals surface area contributed by atoms with E-state index in [1.165, 1.54) is 14.2 Å². The van der Waals surface area contributed by atoms with E-state index in [1.807, 2.05) is 0 Å². The third kappa shape index (κ3) is 1.46. The van der Waals surface area contributed by atoms with Gasteiger partial charge in [0, 0.05) is 0 Å². The van der Waals surface area contributed by atoms with Crippen molar-refractivity contribution in [3.8, 4) is 6.01 Å². The molecule has 6 heteroatoms. The summed E-state index contributed by atoms with van der Waals surface area (Å²) in [7, 11) is 2.68. The summed E-state index contributed by atoms with van der Waals surface area (Å²) in [5.41, 5.74) is 0. The highest BCUT2D eigenvalue weighted by atomic mass is 16.5. The first kappa shape index (κ1) is 7.52. The Kier molecular flexibility index (Phi) is 2.05. The summed E-state index contributed by atoms with van der Waals surface area (Å²) >= 11 is 0. The molecule has 1 aromatic heterocycles. The van der Waals surface area contributed by atoms with Crippen molar-refractivity contribution in [2.75, 3.05) is 14.2 Å². The van der Waals surface area contributed by atoms with E-state index in [0.29, 0.717) is 0 Å². The van der Waals surface area contributed by atoms with Crippen molar-refractivity contribution in [3.63, 3.8) is 0 Å². The number of aromatic amines is 1. The minimum atomic E-state index is -0.569. The number of carbonyl (C=O) groups is 1. The van der Waals surface area contributed by atoms with Crippen molar-refractivity contribution >= 4 is 5.97 Å². The monoisotopic (exact) mass is 157 g/mol. The van der Waals surface area contributed by atoms with Crippen LogP contribution in [0.5, 0.6) is 6.01 Å². The molecule has 0 aromatic carbocycles. The number of rotatable bonds is 2. The fourth-order valence-electron chi connectivity index (χ4n) is 0.527. The summed E-state index contributed by atoms with van der Waals surface area (Å²) in [5, 5.41) is 6.93. The largest absolute Gasteiger partial charge is 0.467 e. The summed E-state index contributed by atoms with van der Waals surface area (Å²) in [4.78, 5) is 13.2. The fraction of sp³-hybridized carbons (Fsp3) is 0.400. The van der Waals surface area contributed by atoms with Gasteiger partial charge in [0.05, 0.1) is 14.2 Å². The second-order valence-corrected chi connectivity index (χ2v) is 1.67. The summed E-state index contributed by atoms with van der Waals surface area (Å²) in [6.45, 7) is 0. The highest BCUT2D eigenvalue weighted by Crippen LogP contribution is 2.00. The number of hydrogen-bond acceptors (Lipinski definition) is 5. The topological polar surface area (TPSA) is 77.1 Å². The smallest absolute Gasteiger partial charge is 0.376 e. The van der Waals surface area contributed by atoms with Crippen LogP contribution in [0, 0.1) is 0 Å². The van der Waals surface area contributed by atoms with Crippen LogP contribution in [0.2, 0.25) is 0 Å². The lowest BCUT2D eigenvalue weighted by Crippen LogP contribution is -2.03. The standard InChI is InChI=1S/C5H7N3O3/c1-10-4(9)3-6-5(11-2)8-7-3/h1-2H3,(H,6,7,8). The van der Waals surface area contributed by atoms with Gasteiger partial charge in [-0.3, -0.25) is 4.98 Å². The molecule has 0 bridgehead atoms. The molecule has 0 amide bonds. The third-order valence-corrected chi connectivity index (χ3v) is 1.04. The zero-order valence-corrected chi connectivity index (χ0v) is 6.12. The van der Waals surface area contributed by atoms with E-state index in [9.17, 15) is 4.79 Å². The Bertz CT molecular complexity index is 257. The SMILES string of the molecule is COC(=O)c1nnc(OC)[nH]1. The Morgan fingerprint density at radius 1 is 1.45 bits per heavy atom. The van der Waals surface area contributed by atoms with Crippen molar-refractivity contribution in [2.45, 2.75) is 0 Å². The highest BCUT2D eigenvalue weighted by molar-refractivity contribution is 5.84. The molecule has 0 radical (unpaired) electrons. The molecule has 1 rings (SSSR count). The molecule has 1 N–H and O–H groups in total. The van der Waals surface area contributed by atoms with Crippen LogP contribution < -0.4 is 4.74 Å². The molecule has 0 unspecified atom stereocenters. The number of aromatic nitrogens is 3. The number of nitrogens with zero attached hydrogens (tertiary/aromatic N) is 2. The minimum Gasteiger partial charge on any atom is -0.467 e. The number of hydrogen-bond donors (Lipinski definition) is 1. The molecule has 0 spiro atoms. The Morgan fingerprint density at radius 3 is 2.64 bits per heavy atom. The maximum atomic E-state index is 10.7. The number of methoxy groups -OCH3 is 2. The Labute approximate surface area is 62.5 Å². The minimum absolute atomic E-state index is 0.0318. The molecule has 1 aromatic rings. The molecule has 0 aliphatic heterocycles. The summed E-state index contributed by atoms with van der Waals surface area (Å²) in [5.74, 6) is -0.537. The van der Waals surface area contributed by atoms with Crippen LogP contribution in [0.1, 0.15) is 10.6 Å². The molecule has 0 saturated carbocycles. The average molecular weight is 157 g/mol. The summed E-state index contributed by atoms with van der Waals surface area (Å²) in [6, 6.07) is 0.186. The molecular weight excluding hydrogens is 150 g/mol. The lowest BCUT2D eigenvalue weighted by Gasteiger charge is -1.90. The van der Waals surface area contributed by atoms with Gasteiger partial charge in [-0.1, -0.05) is 5.10 Å². The normalized spacial score (nSPS) is 9.27. The maximum Gasteiger partial charge on any atom is 0.376 e. The van der Waals surface area contributed by atoms with Crippen molar-refractivity contribution in [3.05, 3.63) is 5.82 Å². The first-order valence-electron chi connectivity index (χ1n) is 2.83. The summed E-state index contributed by atoms with van der Waals surface area (Å²) in [6.07, 6.45) is 0. The lowest BCUT2D eigenvalue weighted by molar-refractivity contribution is 0.0587. The molecule has 60 valence electrons. The summed E-state index contributed by atoms with van der Waals surface area (Å²) < 4.78 is 9.02. The van der Waals surface area contributed by atoms with E-state index in [1.54, 1.807) is 0 Å². The number of ether oxygens (including phenoxy) is 2. The van der Waals surface area contributed by atoms with E-state index in [2.05, 4.69) is 24.7 Å². The predicted octanol–water partition coefficient (Wildman–Crippen LogP) is -0.400. The highest BCUT2D eigenvalue weighted by Gasteiger charge is 2.10. The van der Waals surface area contributed by atoms with Gasteiger partial charge in [0.1, 0.15) is 0 Å². The molecular formula is C5H7N3O3. The zero-order valence-electron chi connectivity index (χ0n) is 6.12. The number of nitrogens with one attached hydrogen (secondary N) is 1. The van der Waals surface area contributed by atoms with Crippen molar-refractivity contribution in [1.29, 1.82) is 0 Å². The van der Waals surface area contributed by atoms with Gasteiger partial charge in [-0.25, -0.2) is 4.79 Å². The van der Waals surface area contributed by atoms with E-state index in [0.717, 1.165) is 0 Å². The number of esters is 1. The van der Waals surface area contributed by atoms with Crippen LogP contribution in [0.3, 0.4) is 0 Å². The zero-order chi connectivity index (χ0) is 8.27. The van der Waals surface area contributed by atoms with E-state index < -0.39 is 5.97 Å². The van der Waals surface area contributed by atoms with Gasteiger partial charge in [0.15, 0.2) is 0 Å². The molecule has 0 fully saturated rings. The fourth-order valence-corrected chi connectivity index (χ4v) is 0.527. The Morgan fingerprint density at radius 2 is 2.18 bits per heavy atom. The van der Waals surface area contributed by atoms with Gasteiger partial charge in [-0.05, 0) is 0 Å². The van der Waals surface area contributed by atoms with E-state index in [4.69, 9.17) is 0 Å². The van der Waals surface area contributed by atoms with Crippen molar-refractivity contribution in [2.24, 2.45) is 0 Å². The predicted molar refractivity (Wildman–Crippen MR) is 34.3 cm³/mol. The molecule has 6 nitrogen and oxygen atoms in total. The van der Waals surface area contributed by atoms with Crippen LogP contribution in [0.25, 0.3) is 0 Å². The van der Waals surface area contributed by atoms with Gasteiger partial charge in [0.25, 0.3) is 0 Å². The molecule has 0 atom stereocenters. The van der Waals surface area contributed by atoms with Gasteiger partial charge in [0.2, 0.25) is 5.82 Å². The maximum absolute atomic E-state index is 10.7. The van der Waals surface area contributed by atoms with Crippen LogP contribution in [0.15, 0.2) is 0 Å². The molecule has 0 aliphatic carbocycles. The molecule has 0 saturated heterocycles. The van der Waals surface area contributed by atoms with E-state index in [-0.39, 0.29) is 11.8 Å². The van der Waals surface area contributed by atoms with Gasteiger partial charge >= 0.3 is 12.0 Å². The Hall–Kier alpha value is -1.59. The van der Waals surface area contributed by atoms with Crippen LogP contribution >= 0.6 is 0 Å². The first-order valence-corrected chi connectivity index (χ1v) is 2.83. The lowest BCUT2D eigenvalue weighted by atomic mass is 10.6. The van der Waals surface area contributed by atoms with Gasteiger partial charge in [-0.2, -0.15) is 0 Å². The third-order valence-electron chi connectivity index (χ3n) is 1.04. The van der Waals surface area contributed by atoms with E-state index >= 15 is 0 Å². The molecule has 11 heavy (non-hydrogen) atoms. The molecule has 1 heterocycles. The van der Waals surface area contributed by atoms with Crippen molar-refractivity contribution < 1.29 is 14.3 Å². The van der Waals surface area contributed by atoms with Crippen LogP contribution in [-0.2, 0) is 4.74 Å². The van der Waals surface area contributed by atoms with Gasteiger partial charge in [-0.15, -0.1) is 5.10 Å². The van der Waals surface area contributed by atoms with Gasteiger partial charge < -0.3 is 9.47 Å². The number of carbonyl (C=O) groups excluding carboxylic acids is 1. The second kappa shape index (κ2) is 3.00. The van der Waals surface area contributed by atoms with Crippen LogP contribution in [-0.4, -0.2) is 35.4 Å². The Balaban J connectivity index is 2.80. The number of H-pyrrole nitrogens is 1. The first-order chi connectivity index (χ1) is 5.27.